The second-order valence-electron chi connectivity index (χ2n) is 4.98. The van der Waals surface area contributed by atoms with E-state index < -0.39 is 0 Å². The number of carbonyl (C=O) groups excluding carboxylic acids is 2. The number of thioether (sulfide) groups is 1. The van der Waals surface area contributed by atoms with Crippen LogP contribution in [-0.4, -0.2) is 64.1 Å². The Labute approximate surface area is 112 Å². The molecule has 2 unspecified atom stereocenters. The van der Waals surface area contributed by atoms with Crippen molar-refractivity contribution < 1.29 is 14.7 Å². The van der Waals surface area contributed by atoms with Crippen molar-refractivity contribution >= 4 is 22.9 Å². The van der Waals surface area contributed by atoms with Gasteiger partial charge in [0.15, 0.2) is 0 Å². The molecule has 2 rings (SSSR count). The van der Waals surface area contributed by atoms with Gasteiger partial charge < -0.3 is 14.9 Å². The summed E-state index contributed by atoms with van der Waals surface area (Å²) in [6.07, 6.45) is 0.931. The molecule has 2 heterocycles. The Morgan fingerprint density at radius 1 is 1.56 bits per heavy atom. The van der Waals surface area contributed by atoms with Crippen molar-refractivity contribution in [2.24, 2.45) is 5.92 Å². The molecule has 0 saturated carbocycles. The lowest BCUT2D eigenvalue weighted by Crippen LogP contribution is -2.34. The molecule has 102 valence electrons. The molecule has 2 atom stereocenters. The van der Waals surface area contributed by atoms with E-state index in [9.17, 15) is 14.7 Å². The van der Waals surface area contributed by atoms with E-state index in [-0.39, 0.29) is 23.2 Å². The highest BCUT2D eigenvalue weighted by Crippen LogP contribution is 2.21. The van der Waals surface area contributed by atoms with E-state index in [4.69, 9.17) is 0 Å². The Bertz CT molecular complexity index is 335. The zero-order valence-corrected chi connectivity index (χ0v) is 11.5. The number of likely N-dealkylation sites (tertiary alicyclic amines) is 1. The Kier molecular flexibility index (Phi) is 4.50. The lowest BCUT2D eigenvalue weighted by atomic mass is 10.0. The van der Waals surface area contributed by atoms with Gasteiger partial charge in [-0.1, -0.05) is 11.8 Å². The van der Waals surface area contributed by atoms with Gasteiger partial charge in [0, 0.05) is 44.3 Å². The van der Waals surface area contributed by atoms with Gasteiger partial charge in [-0.3, -0.25) is 9.59 Å². The summed E-state index contributed by atoms with van der Waals surface area (Å²) in [6.45, 7) is 4.45. The average Bonchev–Trinajstić information content (AvgIpc) is 2.94. The van der Waals surface area contributed by atoms with Crippen LogP contribution in [0.3, 0.4) is 0 Å². The van der Waals surface area contributed by atoms with Crippen LogP contribution in [0.15, 0.2) is 0 Å². The fourth-order valence-electron chi connectivity index (χ4n) is 2.43. The summed E-state index contributed by atoms with van der Waals surface area (Å²) in [5.74, 6) is 1.14. The molecule has 6 heteroatoms. The Morgan fingerprint density at radius 3 is 2.89 bits per heavy atom. The zero-order valence-electron chi connectivity index (χ0n) is 10.7. The van der Waals surface area contributed by atoms with E-state index >= 15 is 0 Å². The number of amides is 2. The Morgan fingerprint density at radius 2 is 2.33 bits per heavy atom. The number of rotatable bonds is 4. The van der Waals surface area contributed by atoms with Crippen LogP contribution in [0.25, 0.3) is 0 Å². The SMILES string of the molecule is CC(O)C1CCN(C(=O)CCN2CCSC2=O)C1. The Balaban J connectivity index is 1.74. The second-order valence-corrected chi connectivity index (χ2v) is 6.03. The van der Waals surface area contributed by atoms with Crippen molar-refractivity contribution in [1.29, 1.82) is 0 Å². The minimum Gasteiger partial charge on any atom is -0.393 e. The third-order valence-corrected chi connectivity index (χ3v) is 4.59. The van der Waals surface area contributed by atoms with Crippen LogP contribution in [0, 0.1) is 5.92 Å². The van der Waals surface area contributed by atoms with Crippen molar-refractivity contribution in [3.8, 4) is 0 Å². The van der Waals surface area contributed by atoms with E-state index in [1.54, 1.807) is 11.8 Å². The molecular weight excluding hydrogens is 252 g/mol. The van der Waals surface area contributed by atoms with Gasteiger partial charge in [-0.25, -0.2) is 0 Å². The average molecular weight is 272 g/mol. The summed E-state index contributed by atoms with van der Waals surface area (Å²) < 4.78 is 0. The predicted octanol–water partition coefficient (Wildman–Crippen LogP) is 0.775. The number of aliphatic hydroxyl groups excluding tert-OH is 1. The number of hydrogen-bond donors (Lipinski definition) is 1. The summed E-state index contributed by atoms with van der Waals surface area (Å²) in [6, 6.07) is 0. The van der Waals surface area contributed by atoms with Crippen LogP contribution in [0.2, 0.25) is 0 Å². The first-order valence-electron chi connectivity index (χ1n) is 6.45. The van der Waals surface area contributed by atoms with Gasteiger partial charge in [0.2, 0.25) is 5.91 Å². The summed E-state index contributed by atoms with van der Waals surface area (Å²) in [5, 5.41) is 9.58. The standard InChI is InChI=1S/C12H20N2O3S/c1-9(15)10-2-4-14(8-10)11(16)3-5-13-6-7-18-12(13)17/h9-10,15H,2-8H2,1H3. The summed E-state index contributed by atoms with van der Waals surface area (Å²) in [5.41, 5.74) is 0. The highest BCUT2D eigenvalue weighted by atomic mass is 32.2. The summed E-state index contributed by atoms with van der Waals surface area (Å²) in [4.78, 5) is 26.9. The minimum absolute atomic E-state index is 0.0890. The van der Waals surface area contributed by atoms with Crippen LogP contribution in [-0.2, 0) is 4.79 Å². The number of carbonyl (C=O) groups is 2. The summed E-state index contributed by atoms with van der Waals surface area (Å²) >= 11 is 1.32. The normalized spacial score (nSPS) is 25.9. The molecule has 0 aliphatic carbocycles. The molecule has 18 heavy (non-hydrogen) atoms. The van der Waals surface area contributed by atoms with Crippen molar-refractivity contribution in [3.05, 3.63) is 0 Å². The van der Waals surface area contributed by atoms with Crippen molar-refractivity contribution in [3.63, 3.8) is 0 Å². The van der Waals surface area contributed by atoms with Gasteiger partial charge in [-0.2, -0.15) is 0 Å². The molecule has 2 aliphatic heterocycles. The van der Waals surface area contributed by atoms with Crippen LogP contribution in [0.1, 0.15) is 19.8 Å². The van der Waals surface area contributed by atoms with E-state index in [0.717, 1.165) is 25.3 Å². The van der Waals surface area contributed by atoms with Crippen LogP contribution in [0.5, 0.6) is 0 Å². The van der Waals surface area contributed by atoms with Crippen molar-refractivity contribution in [2.45, 2.75) is 25.9 Å². The maximum Gasteiger partial charge on any atom is 0.281 e. The van der Waals surface area contributed by atoms with E-state index in [0.29, 0.717) is 19.5 Å². The molecule has 2 saturated heterocycles. The molecule has 0 aromatic rings. The highest BCUT2D eigenvalue weighted by Gasteiger charge is 2.29. The molecule has 1 N–H and O–H groups in total. The quantitative estimate of drug-likeness (QED) is 0.821. The molecule has 0 aromatic heterocycles. The van der Waals surface area contributed by atoms with Crippen LogP contribution >= 0.6 is 11.8 Å². The van der Waals surface area contributed by atoms with Gasteiger partial charge in [-0.15, -0.1) is 0 Å². The van der Waals surface area contributed by atoms with Gasteiger partial charge in [0.25, 0.3) is 5.24 Å². The molecule has 0 bridgehead atoms. The van der Waals surface area contributed by atoms with E-state index in [2.05, 4.69) is 0 Å². The number of nitrogens with zero attached hydrogens (tertiary/aromatic N) is 2. The predicted molar refractivity (Wildman–Crippen MR) is 70.4 cm³/mol. The van der Waals surface area contributed by atoms with E-state index in [1.165, 1.54) is 11.8 Å². The van der Waals surface area contributed by atoms with Gasteiger partial charge >= 0.3 is 0 Å². The molecule has 0 radical (unpaired) electrons. The number of hydrogen-bond acceptors (Lipinski definition) is 4. The molecule has 2 aliphatic rings. The number of aliphatic hydroxyl groups is 1. The molecule has 5 nitrogen and oxygen atoms in total. The fourth-order valence-corrected chi connectivity index (χ4v) is 3.28. The van der Waals surface area contributed by atoms with Crippen molar-refractivity contribution in [1.82, 2.24) is 9.80 Å². The molecule has 2 fully saturated rings. The molecule has 2 amide bonds. The molecule has 0 spiro atoms. The largest absolute Gasteiger partial charge is 0.393 e. The minimum atomic E-state index is -0.348. The van der Waals surface area contributed by atoms with Gasteiger partial charge in [0.05, 0.1) is 6.10 Å². The van der Waals surface area contributed by atoms with Crippen LogP contribution < -0.4 is 0 Å². The lowest BCUT2D eigenvalue weighted by molar-refractivity contribution is -0.130. The monoisotopic (exact) mass is 272 g/mol. The maximum atomic E-state index is 12.0. The van der Waals surface area contributed by atoms with Gasteiger partial charge in [-0.05, 0) is 13.3 Å². The smallest absolute Gasteiger partial charge is 0.281 e. The molecular formula is C12H20N2O3S. The van der Waals surface area contributed by atoms with Gasteiger partial charge in [0.1, 0.15) is 0 Å². The first-order valence-corrected chi connectivity index (χ1v) is 7.44. The van der Waals surface area contributed by atoms with Crippen molar-refractivity contribution in [2.75, 3.05) is 31.9 Å². The maximum absolute atomic E-state index is 12.0. The molecule has 0 aromatic carbocycles. The first-order chi connectivity index (χ1) is 8.58. The van der Waals surface area contributed by atoms with E-state index in [1.807, 2.05) is 4.90 Å². The zero-order chi connectivity index (χ0) is 13.1. The third kappa shape index (κ3) is 3.17. The topological polar surface area (TPSA) is 60.9 Å². The highest BCUT2D eigenvalue weighted by molar-refractivity contribution is 8.13. The lowest BCUT2D eigenvalue weighted by Gasteiger charge is -2.20. The van der Waals surface area contributed by atoms with Crippen LogP contribution in [0.4, 0.5) is 4.79 Å². The Hall–Kier alpha value is -0.750. The third-order valence-electron chi connectivity index (χ3n) is 3.70. The summed E-state index contributed by atoms with van der Waals surface area (Å²) in [7, 11) is 0. The fraction of sp³-hybridized carbons (Fsp3) is 0.833. The first kappa shape index (κ1) is 13.7. The second kappa shape index (κ2) is 5.93.